The Morgan fingerprint density at radius 1 is 0.945 bits per heavy atom. The van der Waals surface area contributed by atoms with Crippen LogP contribution >= 0.6 is 0 Å². The van der Waals surface area contributed by atoms with Crippen molar-refractivity contribution in [2.24, 2.45) is 23.5 Å². The fraction of sp³-hybridized carbons (Fsp3) is 0.683. The summed E-state index contributed by atoms with van der Waals surface area (Å²) in [6, 6.07) is 6.41. The van der Waals surface area contributed by atoms with E-state index in [0.717, 1.165) is 12.0 Å². The highest BCUT2D eigenvalue weighted by molar-refractivity contribution is 5.95. The molecule has 1 aromatic carbocycles. The average Bonchev–Trinajstić information content (AvgIpc) is 3.59. The molecule has 5 amide bonds. The van der Waals surface area contributed by atoms with E-state index in [2.05, 4.69) is 35.1 Å². The van der Waals surface area contributed by atoms with Gasteiger partial charge in [-0.1, -0.05) is 70.2 Å². The van der Waals surface area contributed by atoms with E-state index in [1.165, 1.54) is 5.06 Å². The van der Waals surface area contributed by atoms with Gasteiger partial charge in [-0.05, 0) is 96.5 Å². The van der Waals surface area contributed by atoms with Crippen LogP contribution in [0.4, 0.5) is 4.79 Å². The quantitative estimate of drug-likeness (QED) is 0.0851. The van der Waals surface area contributed by atoms with E-state index in [0.29, 0.717) is 44.6 Å². The highest BCUT2D eigenvalue weighted by Crippen LogP contribution is 2.36. The van der Waals surface area contributed by atoms with Crippen molar-refractivity contribution in [1.29, 1.82) is 0 Å². The maximum Gasteiger partial charge on any atom is 0.404 e. The van der Waals surface area contributed by atoms with Crippen molar-refractivity contribution < 1.29 is 34.3 Å². The molecule has 0 aromatic heterocycles. The van der Waals surface area contributed by atoms with Crippen molar-refractivity contribution in [2.75, 3.05) is 13.1 Å². The summed E-state index contributed by atoms with van der Waals surface area (Å²) >= 11 is 0. The zero-order valence-electron chi connectivity index (χ0n) is 34.1. The van der Waals surface area contributed by atoms with Gasteiger partial charge in [-0.15, -0.1) is 0 Å². The maximum absolute atomic E-state index is 14.2. The molecule has 2 fully saturated rings. The number of carboxylic acid groups (broad SMARTS) is 1. The zero-order chi connectivity index (χ0) is 41.1. The molecule has 8 N–H and O–H groups in total. The number of amides is 5. The standard InChI is InChI=1S/C41H67N7O7/c1-26(2)22-30(42)19-18-29(23-28-14-10-9-11-15-28)38(52)47-21-13-17-33(47)36(50)46-34(27(3)4)37(51)45-32(16-12-20-43-39(53)54)35(49)44-31-24-40(5,6)48(55)41(7,8)25-31/h9-11,14-15,18-19,26-27,29-34,43,55H,12-13,16-17,20-25,42H2,1-8H3,(H,44,49)(H,45,51)(H,46,50)(H,53,54)/b19-18+/t29?,30?,32?,33-,34?/m0/s1. The second kappa shape index (κ2) is 20.2. The Morgan fingerprint density at radius 2 is 1.58 bits per heavy atom. The molecule has 0 saturated carbocycles. The molecule has 3 rings (SSSR count). The number of nitrogens with two attached hydrogens (primary N) is 1. The lowest BCUT2D eigenvalue weighted by Gasteiger charge is -2.51. The van der Waals surface area contributed by atoms with Crippen molar-refractivity contribution in [3.05, 3.63) is 48.0 Å². The minimum atomic E-state index is -1.19. The predicted octanol–water partition coefficient (Wildman–Crippen LogP) is 3.97. The Morgan fingerprint density at radius 3 is 2.16 bits per heavy atom. The number of carbonyl (C=O) groups excluding carboxylic acids is 4. The lowest BCUT2D eigenvalue weighted by molar-refractivity contribution is -0.246. The lowest BCUT2D eigenvalue weighted by atomic mass is 9.79. The molecule has 0 bridgehead atoms. The number of hydroxylamine groups is 2. The van der Waals surface area contributed by atoms with Crippen molar-refractivity contribution in [1.82, 2.24) is 31.2 Å². The Labute approximate surface area is 327 Å². The fourth-order valence-corrected chi connectivity index (χ4v) is 8.01. The van der Waals surface area contributed by atoms with Gasteiger partial charge in [-0.3, -0.25) is 19.2 Å². The number of piperidine rings is 1. The SMILES string of the molecule is CC(C)CC(N)/C=C/C(Cc1ccccc1)C(=O)N1CCC[C@H]1C(=O)NC(C(=O)NC(CCCNC(=O)O)C(=O)NC1CC(C)(C)N(O)C(C)(C)C1)C(C)C. The first kappa shape index (κ1) is 45.4. The van der Waals surface area contributed by atoms with Crippen LogP contribution in [0, 0.1) is 17.8 Å². The first-order valence-electron chi connectivity index (χ1n) is 19.9. The number of hydrogen-bond donors (Lipinski definition) is 7. The average molecular weight is 770 g/mol. The molecule has 0 radical (unpaired) electrons. The van der Waals surface area contributed by atoms with Crippen LogP contribution in [-0.2, 0) is 25.6 Å². The van der Waals surface area contributed by atoms with Crippen LogP contribution in [0.1, 0.15) is 106 Å². The Kier molecular flexibility index (Phi) is 16.7. The van der Waals surface area contributed by atoms with Crippen LogP contribution < -0.4 is 27.0 Å². The number of rotatable bonds is 18. The molecule has 14 heteroatoms. The molecule has 5 atom stereocenters. The van der Waals surface area contributed by atoms with Crippen LogP contribution in [0.25, 0.3) is 0 Å². The van der Waals surface area contributed by atoms with Gasteiger partial charge < -0.3 is 42.2 Å². The summed E-state index contributed by atoms with van der Waals surface area (Å²) in [5.74, 6) is -2.11. The van der Waals surface area contributed by atoms with Gasteiger partial charge in [0.15, 0.2) is 0 Å². The Bertz CT molecular complexity index is 1460. The van der Waals surface area contributed by atoms with E-state index in [1.54, 1.807) is 18.7 Å². The lowest BCUT2D eigenvalue weighted by Crippen LogP contribution is -2.64. The van der Waals surface area contributed by atoms with Gasteiger partial charge in [-0.2, -0.15) is 5.06 Å². The highest BCUT2D eigenvalue weighted by Gasteiger charge is 2.46. The number of likely N-dealkylation sites (tertiary alicyclic amines) is 1. The van der Waals surface area contributed by atoms with Gasteiger partial charge in [0.1, 0.15) is 18.1 Å². The molecule has 55 heavy (non-hydrogen) atoms. The second-order valence-corrected chi connectivity index (χ2v) is 17.4. The predicted molar refractivity (Wildman–Crippen MR) is 212 cm³/mol. The maximum atomic E-state index is 14.2. The third-order valence-electron chi connectivity index (χ3n) is 10.6. The summed E-state index contributed by atoms with van der Waals surface area (Å²) in [5, 5.41) is 32.2. The van der Waals surface area contributed by atoms with Crippen molar-refractivity contribution in [2.45, 2.75) is 148 Å². The molecule has 2 heterocycles. The van der Waals surface area contributed by atoms with Crippen LogP contribution in [0.2, 0.25) is 0 Å². The first-order valence-corrected chi connectivity index (χ1v) is 19.9. The van der Waals surface area contributed by atoms with Gasteiger partial charge in [-0.25, -0.2) is 4.79 Å². The first-order chi connectivity index (χ1) is 25.7. The van der Waals surface area contributed by atoms with Crippen LogP contribution in [0.3, 0.4) is 0 Å². The van der Waals surface area contributed by atoms with E-state index in [-0.39, 0.29) is 43.3 Å². The van der Waals surface area contributed by atoms with Crippen molar-refractivity contribution >= 4 is 29.7 Å². The molecule has 0 aliphatic carbocycles. The van der Waals surface area contributed by atoms with E-state index >= 15 is 0 Å². The van der Waals surface area contributed by atoms with Gasteiger partial charge in [0, 0.05) is 36.3 Å². The summed E-state index contributed by atoms with van der Waals surface area (Å²) in [6.45, 7) is 15.8. The van der Waals surface area contributed by atoms with Crippen LogP contribution in [-0.4, -0.2) is 104 Å². The van der Waals surface area contributed by atoms with E-state index < -0.39 is 58.9 Å². The van der Waals surface area contributed by atoms with Crippen molar-refractivity contribution in [3.63, 3.8) is 0 Å². The van der Waals surface area contributed by atoms with Crippen molar-refractivity contribution in [3.8, 4) is 0 Å². The summed E-state index contributed by atoms with van der Waals surface area (Å²) in [7, 11) is 0. The topological polar surface area (TPSA) is 206 Å². The summed E-state index contributed by atoms with van der Waals surface area (Å²) in [4.78, 5) is 68.5. The van der Waals surface area contributed by atoms with E-state index in [4.69, 9.17) is 10.8 Å². The molecule has 2 saturated heterocycles. The smallest absolute Gasteiger partial charge is 0.404 e. The van der Waals surface area contributed by atoms with Crippen LogP contribution in [0.15, 0.2) is 42.5 Å². The molecule has 0 spiro atoms. The molecule has 4 unspecified atom stereocenters. The molecular weight excluding hydrogens is 702 g/mol. The molecule has 2 aliphatic heterocycles. The third-order valence-corrected chi connectivity index (χ3v) is 10.6. The van der Waals surface area contributed by atoms with Crippen LogP contribution in [0.5, 0.6) is 0 Å². The number of nitrogens with zero attached hydrogens (tertiary/aromatic N) is 2. The molecule has 14 nitrogen and oxygen atoms in total. The minimum absolute atomic E-state index is 0.0813. The molecular formula is C41H67N7O7. The highest BCUT2D eigenvalue weighted by atomic mass is 16.5. The molecule has 308 valence electrons. The normalized spacial score (nSPS) is 20.9. The van der Waals surface area contributed by atoms with E-state index in [1.807, 2.05) is 70.2 Å². The minimum Gasteiger partial charge on any atom is -0.465 e. The van der Waals surface area contributed by atoms with Gasteiger partial charge >= 0.3 is 6.09 Å². The number of nitrogens with one attached hydrogen (secondary N) is 4. The Hall–Kier alpha value is -4.01. The second-order valence-electron chi connectivity index (χ2n) is 17.4. The number of benzene rings is 1. The van der Waals surface area contributed by atoms with Gasteiger partial charge in [0.2, 0.25) is 23.6 Å². The number of carbonyl (C=O) groups is 5. The monoisotopic (exact) mass is 770 g/mol. The number of hydrogen-bond acceptors (Lipinski definition) is 8. The Balaban J connectivity index is 1.77. The largest absolute Gasteiger partial charge is 0.465 e. The molecule has 1 aromatic rings. The third kappa shape index (κ3) is 13.6. The van der Waals surface area contributed by atoms with E-state index in [9.17, 15) is 29.2 Å². The van der Waals surface area contributed by atoms with Gasteiger partial charge in [0.05, 0.1) is 5.92 Å². The summed E-state index contributed by atoms with van der Waals surface area (Å²) < 4.78 is 0. The van der Waals surface area contributed by atoms with Gasteiger partial charge in [0.25, 0.3) is 0 Å². The summed E-state index contributed by atoms with van der Waals surface area (Å²) in [6.07, 6.45) is 6.21. The summed E-state index contributed by atoms with van der Waals surface area (Å²) in [5.41, 5.74) is 6.10. The molecule has 2 aliphatic rings. The zero-order valence-corrected chi connectivity index (χ0v) is 34.1. The fourth-order valence-electron chi connectivity index (χ4n) is 8.01.